The fourth-order valence-corrected chi connectivity index (χ4v) is 4.33. The van der Waals surface area contributed by atoms with E-state index in [0.29, 0.717) is 13.1 Å². The summed E-state index contributed by atoms with van der Waals surface area (Å²) < 4.78 is 13.6. The molecule has 0 spiro atoms. The molecule has 0 aliphatic carbocycles. The highest BCUT2D eigenvalue weighted by atomic mass is 19.1. The van der Waals surface area contributed by atoms with Crippen LogP contribution in [0, 0.1) is 5.82 Å². The van der Waals surface area contributed by atoms with Crippen LogP contribution in [-0.4, -0.2) is 22.5 Å². The minimum Gasteiger partial charge on any atom is -0.356 e. The molecule has 1 aromatic heterocycles. The molecule has 150 valence electrons. The summed E-state index contributed by atoms with van der Waals surface area (Å²) in [5, 5.41) is 4.23. The number of aromatic nitrogens is 1. The average Bonchev–Trinajstić information content (AvgIpc) is 3.17. The fourth-order valence-electron chi connectivity index (χ4n) is 4.33. The summed E-state index contributed by atoms with van der Waals surface area (Å²) >= 11 is 0. The van der Waals surface area contributed by atoms with Crippen LogP contribution >= 0.6 is 0 Å². The zero-order valence-electron chi connectivity index (χ0n) is 16.4. The maximum Gasteiger partial charge on any atom is 0.318 e. The Morgan fingerprint density at radius 3 is 2.53 bits per heavy atom. The fraction of sp³-hybridized carbons (Fsp3) is 0.160. The van der Waals surface area contributed by atoms with Crippen molar-refractivity contribution in [3.05, 3.63) is 107 Å². The Kier molecular flexibility index (Phi) is 4.71. The Morgan fingerprint density at radius 1 is 1.00 bits per heavy atom. The first-order valence-electron chi connectivity index (χ1n) is 10.1. The number of H-pyrrole nitrogens is 1. The van der Waals surface area contributed by atoms with Gasteiger partial charge in [0.1, 0.15) is 5.82 Å². The molecular formula is C25H22FN3O. The summed E-state index contributed by atoms with van der Waals surface area (Å²) in [4.78, 5) is 18.5. The van der Waals surface area contributed by atoms with Gasteiger partial charge in [0.2, 0.25) is 0 Å². The zero-order chi connectivity index (χ0) is 20.5. The van der Waals surface area contributed by atoms with Gasteiger partial charge >= 0.3 is 6.03 Å². The Balaban J connectivity index is 1.51. The topological polar surface area (TPSA) is 48.1 Å². The van der Waals surface area contributed by atoms with Gasteiger partial charge in [-0.2, -0.15) is 0 Å². The molecule has 0 radical (unpaired) electrons. The predicted octanol–water partition coefficient (Wildman–Crippen LogP) is 5.16. The third kappa shape index (κ3) is 3.32. The van der Waals surface area contributed by atoms with Crippen molar-refractivity contribution in [2.75, 3.05) is 6.54 Å². The van der Waals surface area contributed by atoms with Crippen LogP contribution in [0.4, 0.5) is 9.18 Å². The summed E-state index contributed by atoms with van der Waals surface area (Å²) in [5.41, 5.74) is 5.23. The van der Waals surface area contributed by atoms with E-state index >= 15 is 0 Å². The van der Waals surface area contributed by atoms with Crippen molar-refractivity contribution in [3.63, 3.8) is 0 Å². The highest BCUT2D eigenvalue weighted by molar-refractivity contribution is 5.86. The van der Waals surface area contributed by atoms with Gasteiger partial charge in [0.05, 0.1) is 6.04 Å². The van der Waals surface area contributed by atoms with Crippen molar-refractivity contribution in [1.82, 2.24) is 15.2 Å². The Bertz CT molecular complexity index is 1180. The number of carbonyl (C=O) groups is 1. The molecule has 2 heterocycles. The van der Waals surface area contributed by atoms with Crippen LogP contribution < -0.4 is 5.32 Å². The lowest BCUT2D eigenvalue weighted by Gasteiger charge is -2.36. The van der Waals surface area contributed by atoms with E-state index in [2.05, 4.69) is 22.4 Å². The highest BCUT2D eigenvalue weighted by Crippen LogP contribution is 2.38. The number of rotatable bonds is 3. The molecule has 0 saturated heterocycles. The number of fused-ring (bicyclic) bond motifs is 3. The highest BCUT2D eigenvalue weighted by Gasteiger charge is 2.34. The van der Waals surface area contributed by atoms with Crippen molar-refractivity contribution in [2.24, 2.45) is 0 Å². The molecule has 5 rings (SSSR count). The standard InChI is InChI=1S/C25H22FN3O/c26-19-12-10-18(11-13-19)24-23-21(20-8-4-5-9-22(20)28-23)14-15-29(24)25(30)27-16-17-6-2-1-3-7-17/h1-13,24,28H,14-16H2,(H,27,30). The number of hydrogen-bond acceptors (Lipinski definition) is 1. The number of carbonyl (C=O) groups excluding carboxylic acids is 1. The minimum atomic E-state index is -0.294. The summed E-state index contributed by atoms with van der Waals surface area (Å²) in [6.45, 7) is 1.06. The van der Waals surface area contributed by atoms with Crippen molar-refractivity contribution in [2.45, 2.75) is 19.0 Å². The van der Waals surface area contributed by atoms with Gasteiger partial charge in [0.15, 0.2) is 0 Å². The molecule has 30 heavy (non-hydrogen) atoms. The van der Waals surface area contributed by atoms with E-state index in [9.17, 15) is 9.18 Å². The van der Waals surface area contributed by atoms with Gasteiger partial charge in [-0.1, -0.05) is 60.7 Å². The van der Waals surface area contributed by atoms with Gasteiger partial charge in [0, 0.05) is 29.7 Å². The van der Waals surface area contributed by atoms with E-state index in [1.807, 2.05) is 47.4 Å². The van der Waals surface area contributed by atoms with E-state index in [4.69, 9.17) is 0 Å². The van der Waals surface area contributed by atoms with Crippen molar-refractivity contribution < 1.29 is 9.18 Å². The van der Waals surface area contributed by atoms with Gasteiger partial charge in [-0.3, -0.25) is 0 Å². The van der Waals surface area contributed by atoms with E-state index in [1.54, 1.807) is 12.1 Å². The van der Waals surface area contributed by atoms with Gasteiger partial charge in [-0.25, -0.2) is 9.18 Å². The third-order valence-electron chi connectivity index (χ3n) is 5.77. The van der Waals surface area contributed by atoms with Gasteiger partial charge in [0.25, 0.3) is 0 Å². The monoisotopic (exact) mass is 399 g/mol. The van der Waals surface area contributed by atoms with Crippen LogP contribution in [0.15, 0.2) is 78.9 Å². The number of aromatic amines is 1. The second-order valence-electron chi connectivity index (χ2n) is 7.60. The second-order valence-corrected chi connectivity index (χ2v) is 7.60. The first kappa shape index (κ1) is 18.4. The molecule has 1 unspecified atom stereocenters. The molecule has 1 aliphatic rings. The second kappa shape index (κ2) is 7.67. The van der Waals surface area contributed by atoms with Gasteiger partial charge < -0.3 is 15.2 Å². The molecule has 4 aromatic rings. The van der Waals surface area contributed by atoms with Crippen molar-refractivity contribution in [3.8, 4) is 0 Å². The molecule has 0 bridgehead atoms. The Hall–Kier alpha value is -3.60. The molecule has 2 amide bonds. The summed E-state index contributed by atoms with van der Waals surface area (Å²) in [6.07, 6.45) is 0.774. The molecule has 0 saturated carbocycles. The number of nitrogens with zero attached hydrogens (tertiary/aromatic N) is 1. The SMILES string of the molecule is O=C(NCc1ccccc1)N1CCc2c([nH]c3ccccc23)C1c1ccc(F)cc1. The summed E-state index contributed by atoms with van der Waals surface area (Å²) in [6, 6.07) is 24.0. The molecule has 3 aromatic carbocycles. The van der Waals surface area contributed by atoms with Crippen LogP contribution in [0.3, 0.4) is 0 Å². The number of nitrogens with one attached hydrogen (secondary N) is 2. The molecule has 4 nitrogen and oxygen atoms in total. The zero-order valence-corrected chi connectivity index (χ0v) is 16.4. The normalized spacial score (nSPS) is 15.8. The van der Waals surface area contributed by atoms with Crippen LogP contribution in [0.1, 0.15) is 28.4 Å². The lowest BCUT2D eigenvalue weighted by Crippen LogP contribution is -2.45. The molecule has 1 aliphatic heterocycles. The molecule has 5 heteroatoms. The maximum atomic E-state index is 13.6. The van der Waals surface area contributed by atoms with Gasteiger partial charge in [-0.15, -0.1) is 0 Å². The average molecular weight is 399 g/mol. The van der Waals surface area contributed by atoms with Gasteiger partial charge in [-0.05, 0) is 41.3 Å². The number of benzene rings is 3. The van der Waals surface area contributed by atoms with Crippen LogP contribution in [0.5, 0.6) is 0 Å². The van der Waals surface area contributed by atoms with Crippen molar-refractivity contribution in [1.29, 1.82) is 0 Å². The van der Waals surface area contributed by atoms with E-state index in [1.165, 1.54) is 23.1 Å². The van der Waals surface area contributed by atoms with E-state index in [-0.39, 0.29) is 17.9 Å². The molecular weight excluding hydrogens is 377 g/mol. The molecule has 0 fully saturated rings. The molecule has 2 N–H and O–H groups in total. The van der Waals surface area contributed by atoms with Crippen LogP contribution in [0.25, 0.3) is 10.9 Å². The lowest BCUT2D eigenvalue weighted by molar-refractivity contribution is 0.179. The first-order valence-corrected chi connectivity index (χ1v) is 10.1. The van der Waals surface area contributed by atoms with Crippen LogP contribution in [0.2, 0.25) is 0 Å². The smallest absolute Gasteiger partial charge is 0.318 e. The Labute approximate surface area is 174 Å². The third-order valence-corrected chi connectivity index (χ3v) is 5.77. The number of amides is 2. The maximum absolute atomic E-state index is 13.6. The Morgan fingerprint density at radius 2 is 1.73 bits per heavy atom. The van der Waals surface area contributed by atoms with E-state index in [0.717, 1.165) is 28.8 Å². The molecule has 1 atom stereocenters. The van der Waals surface area contributed by atoms with E-state index < -0.39 is 0 Å². The quantitative estimate of drug-likeness (QED) is 0.491. The van der Waals surface area contributed by atoms with Crippen molar-refractivity contribution >= 4 is 16.9 Å². The number of para-hydroxylation sites is 1. The lowest BCUT2D eigenvalue weighted by atomic mass is 9.92. The first-order chi connectivity index (χ1) is 14.7. The predicted molar refractivity (Wildman–Crippen MR) is 116 cm³/mol. The summed E-state index contributed by atoms with van der Waals surface area (Å²) in [7, 11) is 0. The minimum absolute atomic E-state index is 0.127. The van der Waals surface area contributed by atoms with Crippen LogP contribution in [-0.2, 0) is 13.0 Å². The number of urea groups is 1. The summed E-state index contributed by atoms with van der Waals surface area (Å²) in [5.74, 6) is -0.286. The number of halogens is 1. The number of hydrogen-bond donors (Lipinski definition) is 2. The largest absolute Gasteiger partial charge is 0.356 e.